The molecule has 0 bridgehead atoms. The van der Waals surface area contributed by atoms with E-state index in [2.05, 4.69) is 37.0 Å². The topological polar surface area (TPSA) is 32.5 Å². The molecule has 0 amide bonds. The number of nitrogens with two attached hydrogens (primary N) is 1. The van der Waals surface area contributed by atoms with Crippen molar-refractivity contribution >= 4 is 17.3 Å². The maximum atomic E-state index is 6.43. The first-order chi connectivity index (χ1) is 8.54. The fraction of sp³-hybridized carbons (Fsp3) is 0.571. The molecule has 2 atom stereocenters. The first kappa shape index (κ1) is 13.7. The number of likely N-dealkylation sites (tertiary alicyclic amines) is 1. The second kappa shape index (κ2) is 5.47. The Kier molecular flexibility index (Phi) is 4.15. The summed E-state index contributed by atoms with van der Waals surface area (Å²) in [6.07, 6.45) is 1.09. The minimum Gasteiger partial charge on any atom is -0.377 e. The molecule has 0 aliphatic carbocycles. The van der Waals surface area contributed by atoms with Crippen LogP contribution in [0.4, 0.5) is 5.69 Å². The third-order valence-electron chi connectivity index (χ3n) is 3.81. The number of anilines is 1. The summed E-state index contributed by atoms with van der Waals surface area (Å²) in [7, 11) is 6.28. The van der Waals surface area contributed by atoms with Crippen molar-refractivity contribution in [2.24, 2.45) is 11.7 Å². The van der Waals surface area contributed by atoms with Crippen LogP contribution in [0.3, 0.4) is 0 Å². The minimum atomic E-state index is 0.379. The Morgan fingerprint density at radius 1 is 1.44 bits per heavy atom. The highest BCUT2D eigenvalue weighted by molar-refractivity contribution is 6.31. The molecule has 2 rings (SSSR count). The van der Waals surface area contributed by atoms with Crippen LogP contribution >= 0.6 is 11.6 Å². The maximum absolute atomic E-state index is 6.43. The smallest absolute Gasteiger partial charge is 0.0474 e. The summed E-state index contributed by atoms with van der Waals surface area (Å²) in [6, 6.07) is 6.50. The minimum absolute atomic E-state index is 0.379. The molecule has 100 valence electrons. The average Bonchev–Trinajstić information content (AvgIpc) is 2.70. The van der Waals surface area contributed by atoms with Gasteiger partial charge in [0.05, 0.1) is 0 Å². The van der Waals surface area contributed by atoms with E-state index in [0.29, 0.717) is 12.0 Å². The summed E-state index contributed by atoms with van der Waals surface area (Å²) in [4.78, 5) is 4.50. The van der Waals surface area contributed by atoms with Crippen molar-refractivity contribution in [1.82, 2.24) is 4.90 Å². The lowest BCUT2D eigenvalue weighted by molar-refractivity contribution is 0.314. The molecule has 1 aliphatic rings. The Hall–Kier alpha value is -0.770. The zero-order chi connectivity index (χ0) is 13.3. The first-order valence-corrected chi connectivity index (χ1v) is 6.78. The van der Waals surface area contributed by atoms with Crippen LogP contribution in [0.1, 0.15) is 18.0 Å². The number of rotatable bonds is 3. The quantitative estimate of drug-likeness (QED) is 0.913. The molecule has 1 heterocycles. The second-order valence-corrected chi connectivity index (χ2v) is 5.77. The van der Waals surface area contributed by atoms with Gasteiger partial charge in [-0.1, -0.05) is 17.7 Å². The predicted molar refractivity (Wildman–Crippen MR) is 78.3 cm³/mol. The summed E-state index contributed by atoms with van der Waals surface area (Å²) in [5.74, 6) is 0.575. The van der Waals surface area contributed by atoms with Gasteiger partial charge in [-0.25, -0.2) is 0 Å². The van der Waals surface area contributed by atoms with Crippen molar-refractivity contribution in [3.05, 3.63) is 28.8 Å². The highest BCUT2D eigenvalue weighted by atomic mass is 35.5. The van der Waals surface area contributed by atoms with Crippen LogP contribution in [0.15, 0.2) is 18.2 Å². The van der Waals surface area contributed by atoms with E-state index in [1.807, 2.05) is 12.1 Å². The summed E-state index contributed by atoms with van der Waals surface area (Å²) in [5, 5.41) is 0.857. The molecule has 2 N–H and O–H groups in total. The van der Waals surface area contributed by atoms with Gasteiger partial charge in [0.15, 0.2) is 0 Å². The van der Waals surface area contributed by atoms with Gasteiger partial charge in [-0.3, -0.25) is 4.90 Å². The Balaban J connectivity index is 2.38. The van der Waals surface area contributed by atoms with E-state index in [4.69, 9.17) is 17.3 Å². The monoisotopic (exact) mass is 267 g/mol. The Bertz CT molecular complexity index is 420. The lowest BCUT2D eigenvalue weighted by Crippen LogP contribution is -2.22. The van der Waals surface area contributed by atoms with Crippen LogP contribution in [0.2, 0.25) is 5.02 Å². The van der Waals surface area contributed by atoms with E-state index in [-0.39, 0.29) is 0 Å². The van der Waals surface area contributed by atoms with Gasteiger partial charge in [-0.05, 0) is 38.1 Å². The third kappa shape index (κ3) is 2.48. The number of halogens is 1. The Labute approximate surface area is 115 Å². The Morgan fingerprint density at radius 2 is 2.17 bits per heavy atom. The van der Waals surface area contributed by atoms with Crippen LogP contribution in [0.25, 0.3) is 0 Å². The lowest BCUT2D eigenvalue weighted by Gasteiger charge is -2.26. The normalized spacial score (nSPS) is 24.5. The number of hydrogen-bond donors (Lipinski definition) is 1. The van der Waals surface area contributed by atoms with Gasteiger partial charge < -0.3 is 10.6 Å². The molecule has 18 heavy (non-hydrogen) atoms. The highest BCUT2D eigenvalue weighted by Gasteiger charge is 2.32. The van der Waals surface area contributed by atoms with Gasteiger partial charge in [0.25, 0.3) is 0 Å². The molecule has 0 aromatic heterocycles. The van der Waals surface area contributed by atoms with E-state index >= 15 is 0 Å². The molecule has 4 heteroatoms. The fourth-order valence-corrected chi connectivity index (χ4v) is 3.15. The molecular weight excluding hydrogens is 246 g/mol. The van der Waals surface area contributed by atoms with Crippen LogP contribution in [-0.2, 0) is 0 Å². The summed E-state index contributed by atoms with van der Waals surface area (Å²) < 4.78 is 0. The van der Waals surface area contributed by atoms with E-state index in [9.17, 15) is 0 Å². The van der Waals surface area contributed by atoms with Gasteiger partial charge in [0.1, 0.15) is 0 Å². The molecule has 1 fully saturated rings. The number of hydrogen-bond acceptors (Lipinski definition) is 3. The van der Waals surface area contributed by atoms with Crippen molar-refractivity contribution in [2.75, 3.05) is 39.1 Å². The van der Waals surface area contributed by atoms with Crippen molar-refractivity contribution in [1.29, 1.82) is 0 Å². The van der Waals surface area contributed by atoms with Crippen molar-refractivity contribution in [2.45, 2.75) is 12.5 Å². The average molecular weight is 268 g/mol. The van der Waals surface area contributed by atoms with Crippen LogP contribution < -0.4 is 10.6 Å². The molecule has 1 aromatic carbocycles. The predicted octanol–water partition coefficient (Wildman–Crippen LogP) is 2.36. The van der Waals surface area contributed by atoms with Crippen LogP contribution in [-0.4, -0.2) is 39.1 Å². The second-order valence-electron chi connectivity index (χ2n) is 5.36. The summed E-state index contributed by atoms with van der Waals surface area (Å²) in [5.41, 5.74) is 8.25. The van der Waals surface area contributed by atoms with E-state index in [1.165, 1.54) is 11.3 Å². The molecule has 0 radical (unpaired) electrons. The molecule has 1 aliphatic heterocycles. The van der Waals surface area contributed by atoms with Gasteiger partial charge in [0.2, 0.25) is 0 Å². The van der Waals surface area contributed by atoms with Crippen LogP contribution in [0, 0.1) is 5.92 Å². The van der Waals surface area contributed by atoms with E-state index in [1.54, 1.807) is 0 Å². The highest BCUT2D eigenvalue weighted by Crippen LogP contribution is 2.41. The molecule has 0 saturated carbocycles. The maximum Gasteiger partial charge on any atom is 0.0474 e. The number of benzene rings is 1. The van der Waals surface area contributed by atoms with Crippen molar-refractivity contribution in [3.8, 4) is 0 Å². The van der Waals surface area contributed by atoms with Crippen molar-refractivity contribution < 1.29 is 0 Å². The zero-order valence-electron chi connectivity index (χ0n) is 11.4. The molecule has 1 saturated heterocycles. The number of nitrogens with zero attached hydrogens (tertiary/aromatic N) is 2. The molecular formula is C14H22ClN3. The van der Waals surface area contributed by atoms with Crippen molar-refractivity contribution in [3.63, 3.8) is 0 Å². The van der Waals surface area contributed by atoms with Crippen LogP contribution in [0.5, 0.6) is 0 Å². The zero-order valence-corrected chi connectivity index (χ0v) is 12.1. The fourth-order valence-electron chi connectivity index (χ4n) is 2.86. The molecule has 0 spiro atoms. The van der Waals surface area contributed by atoms with Gasteiger partial charge in [0, 0.05) is 43.0 Å². The lowest BCUT2D eigenvalue weighted by atomic mass is 9.98. The van der Waals surface area contributed by atoms with E-state index in [0.717, 1.165) is 24.5 Å². The Morgan fingerprint density at radius 3 is 2.72 bits per heavy atom. The largest absolute Gasteiger partial charge is 0.377 e. The molecule has 2 unspecified atom stereocenters. The standard InChI is InChI=1S/C14H22ClN3/c1-17(2)12-6-4-5-11(15)14(12)13-7-10(8-16)9-18(13)3/h4-6,10,13H,7-9,16H2,1-3H3. The summed E-state index contributed by atoms with van der Waals surface area (Å²) in [6.45, 7) is 1.81. The first-order valence-electron chi connectivity index (χ1n) is 6.40. The van der Waals surface area contributed by atoms with Gasteiger partial charge >= 0.3 is 0 Å². The third-order valence-corrected chi connectivity index (χ3v) is 4.14. The SMILES string of the molecule is CN(C)c1cccc(Cl)c1C1CC(CN)CN1C. The molecule has 1 aromatic rings. The summed E-state index contributed by atoms with van der Waals surface area (Å²) >= 11 is 6.43. The van der Waals surface area contributed by atoms with Gasteiger partial charge in [-0.15, -0.1) is 0 Å². The van der Waals surface area contributed by atoms with Gasteiger partial charge in [-0.2, -0.15) is 0 Å². The molecule has 3 nitrogen and oxygen atoms in total. The van der Waals surface area contributed by atoms with E-state index < -0.39 is 0 Å².